The van der Waals surface area contributed by atoms with E-state index in [9.17, 15) is 9.59 Å². The zero-order chi connectivity index (χ0) is 21.2. The van der Waals surface area contributed by atoms with Crippen molar-refractivity contribution in [3.8, 4) is 0 Å². The van der Waals surface area contributed by atoms with E-state index in [0.717, 1.165) is 31.6 Å². The predicted octanol–water partition coefficient (Wildman–Crippen LogP) is 4.22. The van der Waals surface area contributed by atoms with Crippen molar-refractivity contribution in [2.45, 2.75) is 52.7 Å². The fourth-order valence-electron chi connectivity index (χ4n) is 3.14. The number of benzene rings is 2. The number of amides is 1. The Morgan fingerprint density at radius 1 is 0.966 bits per heavy atom. The summed E-state index contributed by atoms with van der Waals surface area (Å²) in [5.74, 6) is -0.769. The average molecular weight is 397 g/mol. The molecule has 156 valence electrons. The van der Waals surface area contributed by atoms with Gasteiger partial charge in [-0.15, -0.1) is 0 Å². The van der Waals surface area contributed by atoms with E-state index in [-0.39, 0.29) is 11.9 Å². The van der Waals surface area contributed by atoms with Crippen LogP contribution in [0.5, 0.6) is 0 Å². The number of ether oxygens (including phenoxy) is 1. The maximum Gasteiger partial charge on any atom is 0.338 e. The number of carbonyl (C=O) groups excluding carboxylic acids is 2. The van der Waals surface area contributed by atoms with Gasteiger partial charge in [-0.05, 0) is 70.4 Å². The van der Waals surface area contributed by atoms with Crippen LogP contribution in [0, 0.1) is 0 Å². The maximum absolute atomic E-state index is 12.4. The molecule has 5 nitrogen and oxygen atoms in total. The number of rotatable bonds is 10. The van der Waals surface area contributed by atoms with E-state index in [1.807, 2.05) is 37.3 Å². The van der Waals surface area contributed by atoms with E-state index >= 15 is 0 Å². The maximum atomic E-state index is 12.4. The van der Waals surface area contributed by atoms with Gasteiger partial charge in [-0.25, -0.2) is 4.79 Å². The Kier molecular flexibility index (Phi) is 8.71. The third-order valence-electron chi connectivity index (χ3n) is 4.98. The van der Waals surface area contributed by atoms with Crippen LogP contribution in [-0.4, -0.2) is 37.1 Å². The van der Waals surface area contributed by atoms with Crippen molar-refractivity contribution in [2.75, 3.05) is 18.0 Å². The highest BCUT2D eigenvalue weighted by Crippen LogP contribution is 2.16. The highest BCUT2D eigenvalue weighted by molar-refractivity contribution is 5.92. The van der Waals surface area contributed by atoms with E-state index in [1.165, 1.54) is 5.56 Å². The molecule has 0 aliphatic heterocycles. The molecule has 1 N–H and O–H groups in total. The molecule has 0 unspecified atom stereocenters. The fraction of sp³-hybridized carbons (Fsp3) is 0.417. The van der Waals surface area contributed by atoms with Crippen molar-refractivity contribution in [3.05, 3.63) is 65.7 Å². The molecule has 0 heterocycles. The van der Waals surface area contributed by atoms with Gasteiger partial charge in [0.15, 0.2) is 6.10 Å². The monoisotopic (exact) mass is 396 g/mol. The first-order valence-corrected chi connectivity index (χ1v) is 10.3. The average Bonchev–Trinajstić information content (AvgIpc) is 2.74. The zero-order valence-electron chi connectivity index (χ0n) is 17.9. The smallest absolute Gasteiger partial charge is 0.338 e. The van der Waals surface area contributed by atoms with Gasteiger partial charge in [-0.3, -0.25) is 4.79 Å². The highest BCUT2D eigenvalue weighted by Gasteiger charge is 2.20. The minimum absolute atomic E-state index is 0.00258. The van der Waals surface area contributed by atoms with Crippen LogP contribution in [0.2, 0.25) is 0 Å². The van der Waals surface area contributed by atoms with Crippen LogP contribution in [0.15, 0.2) is 54.6 Å². The molecule has 0 aromatic heterocycles. The zero-order valence-corrected chi connectivity index (χ0v) is 17.9. The first-order chi connectivity index (χ1) is 13.9. The molecule has 5 heteroatoms. The number of carbonyl (C=O) groups is 2. The van der Waals surface area contributed by atoms with Crippen LogP contribution in [0.3, 0.4) is 0 Å². The Morgan fingerprint density at radius 2 is 1.59 bits per heavy atom. The molecule has 2 aromatic rings. The molecule has 0 fully saturated rings. The Bertz CT molecular complexity index is 770. The number of hydrogen-bond donors (Lipinski definition) is 1. The lowest BCUT2D eigenvalue weighted by Gasteiger charge is -2.21. The number of esters is 1. The van der Waals surface area contributed by atoms with Crippen molar-refractivity contribution in [1.29, 1.82) is 0 Å². The minimum atomic E-state index is -0.843. The van der Waals surface area contributed by atoms with Gasteiger partial charge in [0.1, 0.15) is 0 Å². The Labute approximate surface area is 174 Å². The summed E-state index contributed by atoms with van der Waals surface area (Å²) >= 11 is 0. The second-order valence-electron chi connectivity index (χ2n) is 7.20. The van der Waals surface area contributed by atoms with Crippen molar-refractivity contribution in [2.24, 2.45) is 0 Å². The molecule has 0 saturated carbocycles. The Morgan fingerprint density at radius 3 is 2.17 bits per heavy atom. The van der Waals surface area contributed by atoms with Crippen molar-refractivity contribution < 1.29 is 14.3 Å². The Hall–Kier alpha value is -2.82. The van der Waals surface area contributed by atoms with E-state index in [2.05, 4.69) is 36.2 Å². The topological polar surface area (TPSA) is 58.6 Å². The highest BCUT2D eigenvalue weighted by atomic mass is 16.5. The van der Waals surface area contributed by atoms with Crippen LogP contribution >= 0.6 is 0 Å². The largest absolute Gasteiger partial charge is 0.449 e. The minimum Gasteiger partial charge on any atom is -0.449 e. The van der Waals surface area contributed by atoms with Gasteiger partial charge in [-0.2, -0.15) is 0 Å². The second-order valence-corrected chi connectivity index (χ2v) is 7.20. The van der Waals surface area contributed by atoms with Crippen molar-refractivity contribution in [3.63, 3.8) is 0 Å². The molecule has 0 bridgehead atoms. The van der Waals surface area contributed by atoms with Crippen molar-refractivity contribution >= 4 is 17.6 Å². The summed E-state index contributed by atoms with van der Waals surface area (Å²) in [4.78, 5) is 26.9. The molecular weight excluding hydrogens is 364 g/mol. The quantitative estimate of drug-likeness (QED) is 0.611. The summed E-state index contributed by atoms with van der Waals surface area (Å²) < 4.78 is 5.35. The number of hydrogen-bond acceptors (Lipinski definition) is 4. The predicted molar refractivity (Wildman–Crippen MR) is 117 cm³/mol. The number of anilines is 1. The first kappa shape index (κ1) is 22.5. The van der Waals surface area contributed by atoms with Crippen molar-refractivity contribution in [1.82, 2.24) is 5.32 Å². The molecule has 0 aliphatic carbocycles. The van der Waals surface area contributed by atoms with Crippen LogP contribution in [0.4, 0.5) is 5.69 Å². The van der Waals surface area contributed by atoms with Crippen LogP contribution in [0.1, 0.15) is 50.0 Å². The summed E-state index contributed by atoms with van der Waals surface area (Å²) in [5.41, 5.74) is 2.74. The second kappa shape index (κ2) is 11.2. The number of nitrogens with one attached hydrogen (secondary N) is 1. The van der Waals surface area contributed by atoms with E-state index in [4.69, 9.17) is 4.74 Å². The first-order valence-electron chi connectivity index (χ1n) is 10.3. The Balaban J connectivity index is 1.82. The molecule has 0 aliphatic rings. The molecule has 2 rings (SSSR count). The van der Waals surface area contributed by atoms with Crippen LogP contribution in [0.25, 0.3) is 0 Å². The molecule has 1 amide bonds. The third kappa shape index (κ3) is 6.93. The van der Waals surface area contributed by atoms with Gasteiger partial charge < -0.3 is 15.0 Å². The summed E-state index contributed by atoms with van der Waals surface area (Å²) in [6, 6.07) is 17.4. The lowest BCUT2D eigenvalue weighted by Crippen LogP contribution is -2.41. The third-order valence-corrected chi connectivity index (χ3v) is 4.98. The fourth-order valence-corrected chi connectivity index (χ4v) is 3.14. The SMILES string of the molecule is CCN(CC)c1ccc(C(=O)O[C@H](C)C(=O)N[C@@H](C)CCc2ccccc2)cc1. The van der Waals surface area contributed by atoms with E-state index < -0.39 is 12.1 Å². The standard InChI is InChI=1S/C24H32N2O3/c1-5-26(6-2)22-16-14-21(15-17-22)24(28)29-19(4)23(27)25-18(3)12-13-20-10-8-7-9-11-20/h7-11,14-19H,5-6,12-13H2,1-4H3,(H,25,27)/t18-,19+/m0/s1. The summed E-state index contributed by atoms with van der Waals surface area (Å²) in [6.07, 6.45) is 0.864. The van der Waals surface area contributed by atoms with Crippen LogP contribution < -0.4 is 10.2 Å². The number of aryl methyl sites for hydroxylation is 1. The molecule has 2 aromatic carbocycles. The van der Waals surface area contributed by atoms with Gasteiger partial charge in [0.25, 0.3) is 5.91 Å². The van der Waals surface area contributed by atoms with Gasteiger partial charge >= 0.3 is 5.97 Å². The molecule has 0 saturated heterocycles. The van der Waals surface area contributed by atoms with E-state index in [0.29, 0.717) is 5.56 Å². The molecule has 2 atom stereocenters. The summed E-state index contributed by atoms with van der Waals surface area (Å²) in [7, 11) is 0. The lowest BCUT2D eigenvalue weighted by atomic mass is 10.1. The molecule has 0 spiro atoms. The normalized spacial score (nSPS) is 12.7. The summed E-state index contributed by atoms with van der Waals surface area (Å²) in [6.45, 7) is 9.54. The number of nitrogens with zero attached hydrogens (tertiary/aromatic N) is 1. The van der Waals surface area contributed by atoms with Gasteiger partial charge in [0, 0.05) is 24.8 Å². The molecular formula is C24H32N2O3. The lowest BCUT2D eigenvalue weighted by molar-refractivity contribution is -0.129. The van der Waals surface area contributed by atoms with Crippen LogP contribution in [-0.2, 0) is 16.0 Å². The summed E-state index contributed by atoms with van der Waals surface area (Å²) in [5, 5.41) is 2.92. The van der Waals surface area contributed by atoms with E-state index in [1.54, 1.807) is 19.1 Å². The van der Waals surface area contributed by atoms with Gasteiger partial charge in [-0.1, -0.05) is 30.3 Å². The molecule has 29 heavy (non-hydrogen) atoms. The molecule has 0 radical (unpaired) electrons. The van der Waals surface area contributed by atoms with Gasteiger partial charge in [0.05, 0.1) is 5.56 Å². The van der Waals surface area contributed by atoms with Gasteiger partial charge in [0.2, 0.25) is 0 Å².